The third-order valence-corrected chi connectivity index (χ3v) is 4.35. The Balaban J connectivity index is 1.52. The Morgan fingerprint density at radius 2 is 2.04 bits per heavy atom. The van der Waals surface area contributed by atoms with Crippen LogP contribution in [-0.2, 0) is 6.54 Å². The van der Waals surface area contributed by atoms with Gasteiger partial charge in [0.15, 0.2) is 17.5 Å². The van der Waals surface area contributed by atoms with Gasteiger partial charge in [0.2, 0.25) is 0 Å². The maximum absolute atomic E-state index is 5.55. The molecule has 3 aromatic rings. The highest BCUT2D eigenvalue weighted by molar-refractivity contribution is 5.93. The van der Waals surface area contributed by atoms with Gasteiger partial charge < -0.3 is 24.7 Å². The van der Waals surface area contributed by atoms with Crippen LogP contribution in [0.2, 0.25) is 0 Å². The molecule has 0 radical (unpaired) electrons. The van der Waals surface area contributed by atoms with Crippen molar-refractivity contribution in [2.75, 3.05) is 32.6 Å². The summed E-state index contributed by atoms with van der Waals surface area (Å²) >= 11 is 0. The standard InChI is InChI=1S/C21H27N5O2/c1-4-28-19-11-10-16(14-20(19)27-3)25-21(22-2)23-12-7-13-26-15-24-17-8-5-6-9-18(17)26/h5-6,8-11,14-15H,4,7,12-13H2,1-3H3,(H2,22,23,25). The Hall–Kier alpha value is -3.22. The van der Waals surface area contributed by atoms with Crippen LogP contribution in [0.3, 0.4) is 0 Å². The number of nitrogens with zero attached hydrogens (tertiary/aromatic N) is 3. The minimum absolute atomic E-state index is 0.596. The fourth-order valence-corrected chi connectivity index (χ4v) is 2.98. The second-order valence-corrected chi connectivity index (χ2v) is 6.20. The van der Waals surface area contributed by atoms with Crippen LogP contribution < -0.4 is 20.1 Å². The second-order valence-electron chi connectivity index (χ2n) is 6.20. The molecule has 2 aromatic carbocycles. The van der Waals surface area contributed by atoms with Crippen LogP contribution in [0.15, 0.2) is 53.8 Å². The zero-order valence-electron chi connectivity index (χ0n) is 16.6. The van der Waals surface area contributed by atoms with Crippen molar-refractivity contribution in [2.45, 2.75) is 19.9 Å². The van der Waals surface area contributed by atoms with E-state index in [4.69, 9.17) is 9.47 Å². The van der Waals surface area contributed by atoms with Crippen LogP contribution in [0, 0.1) is 0 Å². The number of rotatable bonds is 8. The monoisotopic (exact) mass is 381 g/mol. The van der Waals surface area contributed by atoms with E-state index >= 15 is 0 Å². The van der Waals surface area contributed by atoms with Crippen molar-refractivity contribution in [1.82, 2.24) is 14.9 Å². The summed E-state index contributed by atoms with van der Waals surface area (Å²) in [6.45, 7) is 4.23. The number of hydrogen-bond donors (Lipinski definition) is 2. The zero-order valence-corrected chi connectivity index (χ0v) is 16.6. The SMILES string of the molecule is CCOc1ccc(NC(=NC)NCCCn2cnc3ccccc32)cc1OC. The topological polar surface area (TPSA) is 72.7 Å². The number of ether oxygens (including phenoxy) is 2. The summed E-state index contributed by atoms with van der Waals surface area (Å²) < 4.78 is 13.1. The van der Waals surface area contributed by atoms with E-state index in [0.29, 0.717) is 18.3 Å². The number of aryl methyl sites for hydroxylation is 1. The van der Waals surface area contributed by atoms with Gasteiger partial charge in [-0.3, -0.25) is 4.99 Å². The van der Waals surface area contributed by atoms with Crippen LogP contribution in [0.4, 0.5) is 5.69 Å². The zero-order chi connectivity index (χ0) is 19.8. The molecule has 0 saturated heterocycles. The molecule has 0 atom stereocenters. The fourth-order valence-electron chi connectivity index (χ4n) is 2.98. The molecule has 0 fully saturated rings. The Kier molecular flexibility index (Phi) is 6.73. The molecule has 0 amide bonds. The van der Waals surface area contributed by atoms with Gasteiger partial charge >= 0.3 is 0 Å². The number of aromatic nitrogens is 2. The van der Waals surface area contributed by atoms with Gasteiger partial charge in [-0.2, -0.15) is 0 Å². The summed E-state index contributed by atoms with van der Waals surface area (Å²) in [4.78, 5) is 8.71. The lowest BCUT2D eigenvalue weighted by Gasteiger charge is -2.14. The van der Waals surface area contributed by atoms with E-state index in [9.17, 15) is 0 Å². The molecule has 0 aliphatic heterocycles. The number of fused-ring (bicyclic) bond motifs is 1. The summed E-state index contributed by atoms with van der Waals surface area (Å²) in [5.41, 5.74) is 3.07. The Labute approximate surface area is 165 Å². The van der Waals surface area contributed by atoms with Gasteiger partial charge in [0.05, 0.1) is 31.1 Å². The fraction of sp³-hybridized carbons (Fsp3) is 0.333. The quantitative estimate of drug-likeness (QED) is 0.355. The second kappa shape index (κ2) is 9.64. The molecule has 1 heterocycles. The van der Waals surface area contributed by atoms with Gasteiger partial charge in [-0.15, -0.1) is 0 Å². The predicted octanol–water partition coefficient (Wildman–Crippen LogP) is 3.52. The van der Waals surface area contributed by atoms with Gasteiger partial charge in [-0.25, -0.2) is 4.98 Å². The normalized spacial score (nSPS) is 11.5. The van der Waals surface area contributed by atoms with Gasteiger partial charge in [-0.1, -0.05) is 12.1 Å². The number of para-hydroxylation sites is 2. The van der Waals surface area contributed by atoms with Crippen LogP contribution in [0.5, 0.6) is 11.5 Å². The van der Waals surface area contributed by atoms with Crippen molar-refractivity contribution in [3.63, 3.8) is 0 Å². The van der Waals surface area contributed by atoms with Crippen molar-refractivity contribution < 1.29 is 9.47 Å². The molecule has 1 aromatic heterocycles. The number of hydrogen-bond acceptors (Lipinski definition) is 4. The number of anilines is 1. The third kappa shape index (κ3) is 4.73. The molecule has 0 spiro atoms. The van der Waals surface area contributed by atoms with E-state index < -0.39 is 0 Å². The Bertz CT molecular complexity index is 935. The summed E-state index contributed by atoms with van der Waals surface area (Å²) in [5, 5.41) is 6.62. The molecule has 0 aliphatic carbocycles. The molecule has 148 valence electrons. The maximum Gasteiger partial charge on any atom is 0.195 e. The molecule has 0 saturated carbocycles. The molecule has 7 nitrogen and oxygen atoms in total. The maximum atomic E-state index is 5.55. The van der Waals surface area contributed by atoms with Gasteiger partial charge in [0.25, 0.3) is 0 Å². The van der Waals surface area contributed by atoms with Crippen LogP contribution in [-0.4, -0.2) is 42.8 Å². The molecule has 0 unspecified atom stereocenters. The van der Waals surface area contributed by atoms with Gasteiger partial charge in [0.1, 0.15) is 0 Å². The largest absolute Gasteiger partial charge is 0.493 e. The summed E-state index contributed by atoms with van der Waals surface area (Å²) in [7, 11) is 3.39. The van der Waals surface area contributed by atoms with E-state index in [1.54, 1.807) is 14.2 Å². The first kappa shape index (κ1) is 19.5. The molecular weight excluding hydrogens is 354 g/mol. The van der Waals surface area contributed by atoms with E-state index in [1.807, 2.05) is 49.6 Å². The van der Waals surface area contributed by atoms with Crippen LogP contribution >= 0.6 is 0 Å². The minimum atomic E-state index is 0.596. The molecule has 2 N–H and O–H groups in total. The van der Waals surface area contributed by atoms with Crippen molar-refractivity contribution in [2.24, 2.45) is 4.99 Å². The lowest BCUT2D eigenvalue weighted by Crippen LogP contribution is -2.31. The van der Waals surface area contributed by atoms with Crippen LogP contribution in [0.1, 0.15) is 13.3 Å². The number of methoxy groups -OCH3 is 1. The van der Waals surface area contributed by atoms with Crippen molar-refractivity contribution >= 4 is 22.7 Å². The highest BCUT2D eigenvalue weighted by Crippen LogP contribution is 2.30. The average Bonchev–Trinajstić information content (AvgIpc) is 3.14. The van der Waals surface area contributed by atoms with E-state index in [0.717, 1.165) is 42.0 Å². The smallest absolute Gasteiger partial charge is 0.195 e. The molecule has 28 heavy (non-hydrogen) atoms. The van der Waals surface area contributed by atoms with Crippen molar-refractivity contribution in [3.05, 3.63) is 48.8 Å². The van der Waals surface area contributed by atoms with Crippen molar-refractivity contribution in [3.8, 4) is 11.5 Å². The highest BCUT2D eigenvalue weighted by Gasteiger charge is 2.07. The molecule has 7 heteroatoms. The number of benzene rings is 2. The lowest BCUT2D eigenvalue weighted by molar-refractivity contribution is 0.311. The van der Waals surface area contributed by atoms with E-state index in [1.165, 1.54) is 0 Å². The van der Waals surface area contributed by atoms with E-state index in [2.05, 4.69) is 31.2 Å². The summed E-state index contributed by atoms with van der Waals surface area (Å²) in [6.07, 6.45) is 2.84. The van der Waals surface area contributed by atoms with Crippen molar-refractivity contribution in [1.29, 1.82) is 0 Å². The lowest BCUT2D eigenvalue weighted by atomic mass is 10.2. The van der Waals surface area contributed by atoms with Crippen LogP contribution in [0.25, 0.3) is 11.0 Å². The molecule has 0 aliphatic rings. The first-order valence-electron chi connectivity index (χ1n) is 9.43. The number of imidazole rings is 1. The number of guanidine groups is 1. The first-order valence-corrected chi connectivity index (χ1v) is 9.43. The average molecular weight is 381 g/mol. The van der Waals surface area contributed by atoms with Gasteiger partial charge in [-0.05, 0) is 37.6 Å². The predicted molar refractivity (Wildman–Crippen MR) is 113 cm³/mol. The number of nitrogens with one attached hydrogen (secondary N) is 2. The highest BCUT2D eigenvalue weighted by atomic mass is 16.5. The summed E-state index contributed by atoms with van der Waals surface area (Å²) in [5.74, 6) is 2.13. The van der Waals surface area contributed by atoms with Gasteiger partial charge in [0, 0.05) is 31.9 Å². The minimum Gasteiger partial charge on any atom is -0.493 e. The molecule has 3 rings (SSSR count). The Morgan fingerprint density at radius 1 is 1.18 bits per heavy atom. The third-order valence-electron chi connectivity index (χ3n) is 4.35. The molecular formula is C21H27N5O2. The number of aliphatic imine (C=N–C) groups is 1. The Morgan fingerprint density at radius 3 is 2.82 bits per heavy atom. The summed E-state index contributed by atoms with van der Waals surface area (Å²) in [6, 6.07) is 13.9. The van der Waals surface area contributed by atoms with E-state index in [-0.39, 0.29) is 0 Å². The first-order chi connectivity index (χ1) is 13.7. The molecule has 0 bridgehead atoms.